The van der Waals surface area contributed by atoms with Crippen molar-refractivity contribution in [3.05, 3.63) is 0 Å². The summed E-state index contributed by atoms with van der Waals surface area (Å²) in [6.07, 6.45) is 0.242. The zero-order valence-corrected chi connectivity index (χ0v) is 7.61. The second kappa shape index (κ2) is 5.50. The van der Waals surface area contributed by atoms with E-state index in [-0.39, 0.29) is 11.8 Å². The Balaban J connectivity index is 3.87. The van der Waals surface area contributed by atoms with Gasteiger partial charge in [0.15, 0.2) is 0 Å². The van der Waals surface area contributed by atoms with Gasteiger partial charge in [0, 0.05) is 5.92 Å². The monoisotopic (exact) mass is 164 g/mol. The molecule has 2 unspecified atom stereocenters. The lowest BCUT2D eigenvalue weighted by Gasteiger charge is -2.21. The van der Waals surface area contributed by atoms with Crippen molar-refractivity contribution >= 4 is 0 Å². The Kier molecular flexibility index (Phi) is 5.43. The lowest BCUT2D eigenvalue weighted by Crippen LogP contribution is -2.19. The summed E-state index contributed by atoms with van der Waals surface area (Å²) in [5.74, 6) is -0.222. The fourth-order valence-corrected chi connectivity index (χ4v) is 1.29. The number of hydrogen-bond acceptors (Lipinski definition) is 0. The first-order valence-electron chi connectivity index (χ1n) is 4.41. The quantitative estimate of drug-likeness (QED) is 0.581. The van der Waals surface area contributed by atoms with E-state index in [2.05, 4.69) is 0 Å². The number of rotatable bonds is 5. The normalized spacial score (nSPS) is 16.9. The lowest BCUT2D eigenvalue weighted by molar-refractivity contribution is 0.0411. The molecule has 0 aliphatic rings. The minimum atomic E-state index is -2.13. The van der Waals surface area contributed by atoms with Gasteiger partial charge in [0.25, 0.3) is 0 Å². The number of alkyl halides is 2. The topological polar surface area (TPSA) is 0 Å². The van der Waals surface area contributed by atoms with Gasteiger partial charge in [-0.05, 0) is 12.3 Å². The molecule has 0 heterocycles. The molecule has 0 N–H and O–H groups in total. The zero-order chi connectivity index (χ0) is 8.85. The van der Waals surface area contributed by atoms with Gasteiger partial charge >= 0.3 is 0 Å². The average Bonchev–Trinajstić information content (AvgIpc) is 1.98. The fraction of sp³-hybridized carbons (Fsp3) is 1.00. The van der Waals surface area contributed by atoms with E-state index in [0.29, 0.717) is 6.42 Å². The van der Waals surface area contributed by atoms with Gasteiger partial charge in [-0.15, -0.1) is 0 Å². The van der Waals surface area contributed by atoms with Crippen LogP contribution in [0.5, 0.6) is 0 Å². The van der Waals surface area contributed by atoms with Gasteiger partial charge in [0.1, 0.15) is 0 Å². The average molecular weight is 164 g/mol. The summed E-state index contributed by atoms with van der Waals surface area (Å²) in [4.78, 5) is 0. The van der Waals surface area contributed by atoms with Crippen LogP contribution in [0.25, 0.3) is 0 Å². The minimum absolute atomic E-state index is 0.162. The Hall–Kier alpha value is -0.140. The maximum Gasteiger partial charge on any atom is 0.241 e. The smallest absolute Gasteiger partial charge is 0.210 e. The highest BCUT2D eigenvalue weighted by Crippen LogP contribution is 2.26. The first-order valence-corrected chi connectivity index (χ1v) is 4.41. The highest BCUT2D eigenvalue weighted by molar-refractivity contribution is 4.66. The van der Waals surface area contributed by atoms with Crippen molar-refractivity contribution in [2.24, 2.45) is 11.8 Å². The van der Waals surface area contributed by atoms with Crippen LogP contribution in [0.1, 0.15) is 40.0 Å². The summed E-state index contributed by atoms with van der Waals surface area (Å²) >= 11 is 0. The van der Waals surface area contributed by atoms with Gasteiger partial charge in [-0.2, -0.15) is 0 Å². The van der Waals surface area contributed by atoms with Crippen molar-refractivity contribution in [3.63, 3.8) is 0 Å². The van der Waals surface area contributed by atoms with E-state index in [1.54, 1.807) is 0 Å². The van der Waals surface area contributed by atoms with Crippen LogP contribution in [0.4, 0.5) is 8.78 Å². The predicted octanol–water partition coefficient (Wildman–Crippen LogP) is 3.71. The molecule has 11 heavy (non-hydrogen) atoms. The van der Waals surface area contributed by atoms with Crippen LogP contribution in [-0.4, -0.2) is 6.43 Å². The Morgan fingerprint density at radius 1 is 1.18 bits per heavy atom. The fourth-order valence-electron chi connectivity index (χ4n) is 1.29. The molecule has 0 bridgehead atoms. The van der Waals surface area contributed by atoms with Crippen LogP contribution < -0.4 is 0 Å². The Labute approximate surface area is 68.0 Å². The van der Waals surface area contributed by atoms with Crippen LogP contribution >= 0.6 is 0 Å². The summed E-state index contributed by atoms with van der Waals surface area (Å²) in [5, 5.41) is 0. The van der Waals surface area contributed by atoms with Crippen LogP contribution in [0.3, 0.4) is 0 Å². The third-order valence-electron chi connectivity index (χ3n) is 2.32. The molecule has 0 radical (unpaired) electrons. The van der Waals surface area contributed by atoms with Gasteiger partial charge in [-0.3, -0.25) is 0 Å². The largest absolute Gasteiger partial charge is 0.241 e. The van der Waals surface area contributed by atoms with E-state index in [0.717, 1.165) is 12.8 Å². The van der Waals surface area contributed by atoms with Crippen molar-refractivity contribution in [2.45, 2.75) is 46.5 Å². The second-order valence-electron chi connectivity index (χ2n) is 3.17. The first kappa shape index (κ1) is 10.9. The van der Waals surface area contributed by atoms with Crippen LogP contribution in [0.2, 0.25) is 0 Å². The SMILES string of the molecule is CCCC(C(F)F)C(C)CC. The summed E-state index contributed by atoms with van der Waals surface area (Å²) in [5.41, 5.74) is 0. The summed E-state index contributed by atoms with van der Waals surface area (Å²) in [6.45, 7) is 5.83. The molecule has 0 fully saturated rings. The molecule has 0 aliphatic heterocycles. The molecule has 0 spiro atoms. The molecule has 0 saturated heterocycles. The predicted molar refractivity (Wildman–Crippen MR) is 43.9 cm³/mol. The van der Waals surface area contributed by atoms with E-state index in [9.17, 15) is 8.78 Å². The molecule has 2 heteroatoms. The molecule has 0 aromatic heterocycles. The Bertz CT molecular complexity index is 91.6. The minimum Gasteiger partial charge on any atom is -0.210 e. The highest BCUT2D eigenvalue weighted by atomic mass is 19.3. The standard InChI is InChI=1S/C9H18F2/c1-4-6-8(9(10)11)7(3)5-2/h7-9H,4-6H2,1-3H3. The molecular weight excluding hydrogens is 146 g/mol. The highest BCUT2D eigenvalue weighted by Gasteiger charge is 2.24. The van der Waals surface area contributed by atoms with E-state index in [1.807, 2.05) is 20.8 Å². The van der Waals surface area contributed by atoms with Gasteiger partial charge in [0.2, 0.25) is 6.43 Å². The first-order chi connectivity index (χ1) is 5.13. The van der Waals surface area contributed by atoms with Gasteiger partial charge in [0.05, 0.1) is 0 Å². The molecule has 0 aromatic rings. The maximum absolute atomic E-state index is 12.3. The molecule has 0 saturated carbocycles. The van der Waals surface area contributed by atoms with Crippen LogP contribution in [0.15, 0.2) is 0 Å². The van der Waals surface area contributed by atoms with E-state index >= 15 is 0 Å². The zero-order valence-electron chi connectivity index (χ0n) is 7.61. The van der Waals surface area contributed by atoms with Crippen molar-refractivity contribution in [1.82, 2.24) is 0 Å². The molecule has 0 nitrogen and oxygen atoms in total. The molecule has 2 atom stereocenters. The van der Waals surface area contributed by atoms with E-state index in [4.69, 9.17) is 0 Å². The molecule has 0 aliphatic carbocycles. The van der Waals surface area contributed by atoms with Gasteiger partial charge in [-0.1, -0.05) is 33.6 Å². The summed E-state index contributed by atoms with van der Waals surface area (Å²) < 4.78 is 24.6. The van der Waals surface area contributed by atoms with Crippen molar-refractivity contribution in [3.8, 4) is 0 Å². The molecule has 68 valence electrons. The third kappa shape index (κ3) is 3.68. The van der Waals surface area contributed by atoms with Crippen LogP contribution in [-0.2, 0) is 0 Å². The van der Waals surface area contributed by atoms with Crippen molar-refractivity contribution < 1.29 is 8.78 Å². The van der Waals surface area contributed by atoms with Gasteiger partial charge < -0.3 is 0 Å². The second-order valence-corrected chi connectivity index (χ2v) is 3.17. The van der Waals surface area contributed by atoms with Crippen LogP contribution in [0, 0.1) is 11.8 Å². The van der Waals surface area contributed by atoms with Gasteiger partial charge in [-0.25, -0.2) is 8.78 Å². The molecule has 0 amide bonds. The lowest BCUT2D eigenvalue weighted by atomic mass is 9.88. The molecular formula is C9H18F2. The Morgan fingerprint density at radius 3 is 2.00 bits per heavy atom. The number of hydrogen-bond donors (Lipinski definition) is 0. The summed E-state index contributed by atoms with van der Waals surface area (Å²) in [7, 11) is 0. The third-order valence-corrected chi connectivity index (χ3v) is 2.32. The number of halogens is 2. The molecule has 0 aromatic carbocycles. The van der Waals surface area contributed by atoms with E-state index < -0.39 is 6.43 Å². The van der Waals surface area contributed by atoms with Crippen molar-refractivity contribution in [2.75, 3.05) is 0 Å². The Morgan fingerprint density at radius 2 is 1.73 bits per heavy atom. The summed E-state index contributed by atoms with van der Waals surface area (Å²) in [6, 6.07) is 0. The van der Waals surface area contributed by atoms with Crippen molar-refractivity contribution in [1.29, 1.82) is 0 Å². The molecule has 0 rings (SSSR count). The maximum atomic E-state index is 12.3. The van der Waals surface area contributed by atoms with E-state index in [1.165, 1.54) is 0 Å².